The predicted octanol–water partition coefficient (Wildman–Crippen LogP) is 5.88. The maximum absolute atomic E-state index is 13.5. The Hall–Kier alpha value is -3.91. The van der Waals surface area contributed by atoms with Crippen LogP contribution in [-0.2, 0) is 6.61 Å². The van der Waals surface area contributed by atoms with Gasteiger partial charge in [-0.1, -0.05) is 12.1 Å². The molecule has 7 nitrogen and oxygen atoms in total. The first-order chi connectivity index (χ1) is 18.0. The van der Waals surface area contributed by atoms with E-state index in [4.69, 9.17) is 14.2 Å². The Balaban J connectivity index is 1.39. The van der Waals surface area contributed by atoms with Crippen LogP contribution in [0.4, 0.5) is 15.9 Å². The van der Waals surface area contributed by atoms with Crippen molar-refractivity contribution in [1.29, 1.82) is 0 Å². The van der Waals surface area contributed by atoms with Gasteiger partial charge >= 0.3 is 0 Å². The van der Waals surface area contributed by atoms with Gasteiger partial charge in [0, 0.05) is 30.9 Å². The topological polar surface area (TPSA) is 68.7 Å². The molecule has 0 bridgehead atoms. The highest BCUT2D eigenvalue weighted by molar-refractivity contribution is 5.96. The molecule has 5 rings (SSSR count). The van der Waals surface area contributed by atoms with E-state index in [1.165, 1.54) is 18.5 Å². The second-order valence-corrected chi connectivity index (χ2v) is 9.39. The van der Waals surface area contributed by atoms with Crippen molar-refractivity contribution in [3.63, 3.8) is 0 Å². The molecule has 8 heteroatoms. The summed E-state index contributed by atoms with van der Waals surface area (Å²) in [5.41, 5.74) is 3.33. The first-order valence-corrected chi connectivity index (χ1v) is 12.4. The van der Waals surface area contributed by atoms with Crippen LogP contribution in [0.3, 0.4) is 0 Å². The second kappa shape index (κ2) is 11.0. The molecule has 0 amide bonds. The van der Waals surface area contributed by atoms with Gasteiger partial charge in [-0.05, 0) is 68.3 Å². The summed E-state index contributed by atoms with van der Waals surface area (Å²) in [6, 6.07) is 16.0. The number of aromatic nitrogens is 2. The molecule has 0 unspecified atom stereocenters. The number of nitrogens with zero attached hydrogens (tertiary/aromatic N) is 3. The maximum atomic E-state index is 13.5. The minimum atomic E-state index is -0.272. The fraction of sp³-hybridized carbons (Fsp3) is 0.310. The first-order valence-electron chi connectivity index (χ1n) is 12.4. The third kappa shape index (κ3) is 5.91. The number of piperidine rings is 1. The standard InChI is InChI=1S/C29H31FN4O3/c1-19-13-22(7-8-26(19)36-17-20-5-4-6-21(30)14-20)33-29-28-25(31-18-32-29)15-24(35-3)16-27(28)37-23-9-11-34(2)12-10-23/h4-8,13-16,18,23H,9-12,17H2,1-3H3,(H,31,32,33). The van der Waals surface area contributed by atoms with Crippen molar-refractivity contribution in [2.45, 2.75) is 32.5 Å². The van der Waals surface area contributed by atoms with Crippen LogP contribution in [0.15, 0.2) is 60.9 Å². The molecule has 1 aliphatic rings. The summed E-state index contributed by atoms with van der Waals surface area (Å²) in [6.45, 7) is 4.27. The number of rotatable bonds is 8. The van der Waals surface area contributed by atoms with Crippen molar-refractivity contribution in [3.8, 4) is 17.2 Å². The number of likely N-dealkylation sites (tertiary alicyclic amines) is 1. The van der Waals surface area contributed by atoms with Crippen LogP contribution in [0.5, 0.6) is 17.2 Å². The van der Waals surface area contributed by atoms with Gasteiger partial charge in [-0.25, -0.2) is 14.4 Å². The van der Waals surface area contributed by atoms with Crippen LogP contribution in [0.2, 0.25) is 0 Å². The second-order valence-electron chi connectivity index (χ2n) is 9.39. The predicted molar refractivity (Wildman–Crippen MR) is 142 cm³/mol. The lowest BCUT2D eigenvalue weighted by atomic mass is 10.1. The number of methoxy groups -OCH3 is 1. The van der Waals surface area contributed by atoms with E-state index in [0.717, 1.165) is 59.4 Å². The summed E-state index contributed by atoms with van der Waals surface area (Å²) >= 11 is 0. The van der Waals surface area contributed by atoms with Gasteiger partial charge in [-0.15, -0.1) is 0 Å². The lowest BCUT2D eigenvalue weighted by Gasteiger charge is -2.29. The van der Waals surface area contributed by atoms with Crippen LogP contribution in [0.25, 0.3) is 10.9 Å². The first kappa shape index (κ1) is 24.8. The molecule has 3 aromatic carbocycles. The van der Waals surface area contributed by atoms with Crippen LogP contribution >= 0.6 is 0 Å². The normalized spacial score (nSPS) is 14.5. The number of fused-ring (bicyclic) bond motifs is 1. The number of benzene rings is 3. The molecule has 0 radical (unpaired) electrons. The average molecular weight is 503 g/mol. The maximum Gasteiger partial charge on any atom is 0.145 e. The van der Waals surface area contributed by atoms with Crippen molar-refractivity contribution < 1.29 is 18.6 Å². The van der Waals surface area contributed by atoms with Gasteiger partial charge in [0.1, 0.15) is 47.9 Å². The zero-order chi connectivity index (χ0) is 25.8. The third-order valence-electron chi connectivity index (χ3n) is 6.59. The Morgan fingerprint density at radius 2 is 1.86 bits per heavy atom. The van der Waals surface area contributed by atoms with Gasteiger partial charge in [-0.2, -0.15) is 0 Å². The molecule has 0 atom stereocenters. The van der Waals surface area contributed by atoms with Gasteiger partial charge < -0.3 is 24.4 Å². The van der Waals surface area contributed by atoms with Crippen molar-refractivity contribution in [3.05, 3.63) is 77.9 Å². The van der Waals surface area contributed by atoms with Gasteiger partial charge in [-0.3, -0.25) is 0 Å². The Morgan fingerprint density at radius 3 is 2.62 bits per heavy atom. The number of halogens is 1. The average Bonchev–Trinajstić information content (AvgIpc) is 2.89. The van der Waals surface area contributed by atoms with Crippen molar-refractivity contribution in [2.24, 2.45) is 0 Å². The smallest absolute Gasteiger partial charge is 0.145 e. The fourth-order valence-electron chi connectivity index (χ4n) is 4.53. The molecular weight excluding hydrogens is 471 g/mol. The SMILES string of the molecule is COc1cc(OC2CCN(C)CC2)c2c(Nc3ccc(OCc4cccc(F)c4)c(C)c3)ncnc2c1. The number of anilines is 2. The summed E-state index contributed by atoms with van der Waals surface area (Å²) in [5, 5.41) is 4.24. The number of hydrogen-bond donors (Lipinski definition) is 1. The monoisotopic (exact) mass is 502 g/mol. The van der Waals surface area contributed by atoms with E-state index in [0.29, 0.717) is 23.9 Å². The molecule has 37 heavy (non-hydrogen) atoms. The van der Waals surface area contributed by atoms with Gasteiger partial charge in [0.15, 0.2) is 0 Å². The van der Waals surface area contributed by atoms with E-state index in [9.17, 15) is 4.39 Å². The highest BCUT2D eigenvalue weighted by Gasteiger charge is 2.21. The number of ether oxygens (including phenoxy) is 3. The summed E-state index contributed by atoms with van der Waals surface area (Å²) in [4.78, 5) is 11.3. The lowest BCUT2D eigenvalue weighted by Crippen LogP contribution is -2.35. The largest absolute Gasteiger partial charge is 0.497 e. The summed E-state index contributed by atoms with van der Waals surface area (Å²) in [5.74, 6) is 2.52. The molecule has 2 heterocycles. The Morgan fingerprint density at radius 1 is 1.03 bits per heavy atom. The molecular formula is C29H31FN4O3. The van der Waals surface area contributed by atoms with Crippen molar-refractivity contribution in [2.75, 3.05) is 32.6 Å². The Kier molecular flexibility index (Phi) is 7.37. The Bertz CT molecular complexity index is 1390. The molecule has 0 saturated carbocycles. The molecule has 1 N–H and O–H groups in total. The highest BCUT2D eigenvalue weighted by Crippen LogP contribution is 2.37. The van der Waals surface area contributed by atoms with E-state index in [-0.39, 0.29) is 11.9 Å². The molecule has 1 aliphatic heterocycles. The van der Waals surface area contributed by atoms with Crippen LogP contribution in [-0.4, -0.2) is 48.2 Å². The quantitative estimate of drug-likeness (QED) is 0.323. The lowest BCUT2D eigenvalue weighted by molar-refractivity contribution is 0.115. The zero-order valence-corrected chi connectivity index (χ0v) is 21.3. The van der Waals surface area contributed by atoms with Gasteiger partial charge in [0.05, 0.1) is 18.0 Å². The summed E-state index contributed by atoms with van der Waals surface area (Å²) in [6.07, 6.45) is 3.58. The molecule has 1 fully saturated rings. The molecule has 0 aliphatic carbocycles. The van der Waals surface area contributed by atoms with E-state index in [1.807, 2.05) is 43.3 Å². The Labute approximate surface area is 216 Å². The van der Waals surface area contributed by atoms with Crippen molar-refractivity contribution in [1.82, 2.24) is 14.9 Å². The minimum Gasteiger partial charge on any atom is -0.497 e. The molecule has 1 saturated heterocycles. The fourth-order valence-corrected chi connectivity index (χ4v) is 4.53. The number of nitrogens with one attached hydrogen (secondary N) is 1. The summed E-state index contributed by atoms with van der Waals surface area (Å²) < 4.78 is 31.4. The van der Waals surface area contributed by atoms with Gasteiger partial charge in [0.2, 0.25) is 0 Å². The van der Waals surface area contributed by atoms with E-state index >= 15 is 0 Å². The third-order valence-corrected chi connectivity index (χ3v) is 6.59. The van der Waals surface area contributed by atoms with Crippen LogP contribution in [0, 0.1) is 12.7 Å². The van der Waals surface area contributed by atoms with E-state index < -0.39 is 0 Å². The van der Waals surface area contributed by atoms with Gasteiger partial charge in [0.25, 0.3) is 0 Å². The molecule has 4 aromatic rings. The minimum absolute atomic E-state index is 0.122. The number of aryl methyl sites for hydroxylation is 1. The van der Waals surface area contributed by atoms with Crippen molar-refractivity contribution >= 4 is 22.4 Å². The van der Waals surface area contributed by atoms with E-state index in [2.05, 4.69) is 27.2 Å². The molecule has 192 valence electrons. The molecule has 0 spiro atoms. The highest BCUT2D eigenvalue weighted by atomic mass is 19.1. The number of hydrogen-bond acceptors (Lipinski definition) is 7. The van der Waals surface area contributed by atoms with E-state index in [1.54, 1.807) is 13.2 Å². The van der Waals surface area contributed by atoms with Crippen LogP contribution < -0.4 is 19.5 Å². The molecule has 1 aromatic heterocycles. The zero-order valence-electron chi connectivity index (χ0n) is 21.3. The summed E-state index contributed by atoms with van der Waals surface area (Å²) in [7, 11) is 3.77. The van der Waals surface area contributed by atoms with Crippen LogP contribution in [0.1, 0.15) is 24.0 Å².